The fourth-order valence-corrected chi connectivity index (χ4v) is 5.93. The van der Waals surface area contributed by atoms with Crippen LogP contribution in [0.4, 0.5) is 10.1 Å². The predicted octanol–water partition coefficient (Wildman–Crippen LogP) is 7.05. The van der Waals surface area contributed by atoms with Crippen LogP contribution in [0.5, 0.6) is 5.75 Å². The van der Waals surface area contributed by atoms with Crippen molar-refractivity contribution in [1.82, 2.24) is 35.0 Å². The average Bonchev–Trinajstić information content (AvgIpc) is 3.65. The van der Waals surface area contributed by atoms with Crippen molar-refractivity contribution in [2.45, 2.75) is 38.2 Å². The van der Waals surface area contributed by atoms with Gasteiger partial charge in [-0.15, -0.1) is 0 Å². The summed E-state index contributed by atoms with van der Waals surface area (Å²) in [7, 11) is 4.02. The van der Waals surface area contributed by atoms with Crippen LogP contribution in [-0.2, 0) is 0 Å². The molecule has 44 heavy (non-hydrogen) atoms. The topological polar surface area (TPSA) is 108 Å². The van der Waals surface area contributed by atoms with Crippen LogP contribution in [0.2, 0.25) is 0 Å². The number of imidazole rings is 1. The lowest BCUT2D eigenvalue weighted by Gasteiger charge is -2.23. The van der Waals surface area contributed by atoms with Gasteiger partial charge in [0.2, 0.25) is 0 Å². The number of H-pyrrole nitrogens is 2. The molecule has 1 aliphatic rings. The molecule has 0 amide bonds. The van der Waals surface area contributed by atoms with Crippen molar-refractivity contribution in [3.8, 4) is 39.5 Å². The number of fused-ring (bicyclic) bond motifs is 2. The van der Waals surface area contributed by atoms with Crippen molar-refractivity contribution in [2.75, 3.05) is 32.5 Å². The summed E-state index contributed by atoms with van der Waals surface area (Å²) in [5, 5.41) is 12.0. The first-order valence-electron chi connectivity index (χ1n) is 15.1. The zero-order valence-corrected chi connectivity index (χ0v) is 24.9. The van der Waals surface area contributed by atoms with Gasteiger partial charge in [0.15, 0.2) is 11.5 Å². The van der Waals surface area contributed by atoms with Gasteiger partial charge in [-0.2, -0.15) is 5.10 Å². The second-order valence-electron chi connectivity index (χ2n) is 11.7. The summed E-state index contributed by atoms with van der Waals surface area (Å²) in [5.41, 5.74) is 7.07. The molecule has 1 saturated carbocycles. The van der Waals surface area contributed by atoms with E-state index >= 15 is 0 Å². The summed E-state index contributed by atoms with van der Waals surface area (Å²) in [5.74, 6) is 1.07. The summed E-state index contributed by atoms with van der Waals surface area (Å²) in [6.07, 6.45) is 11.5. The van der Waals surface area contributed by atoms with Crippen molar-refractivity contribution in [3.05, 3.63) is 72.9 Å². The summed E-state index contributed by atoms with van der Waals surface area (Å²) >= 11 is 0. The molecule has 224 valence electrons. The Morgan fingerprint density at radius 1 is 0.977 bits per heavy atom. The predicted molar refractivity (Wildman–Crippen MR) is 172 cm³/mol. The minimum Gasteiger partial charge on any atom is -0.489 e. The maximum atomic E-state index is 14.7. The highest BCUT2D eigenvalue weighted by atomic mass is 19.1. The second kappa shape index (κ2) is 12.0. The van der Waals surface area contributed by atoms with Gasteiger partial charge in [-0.1, -0.05) is 12.5 Å². The molecule has 3 N–H and O–H groups in total. The van der Waals surface area contributed by atoms with Crippen LogP contribution in [0.15, 0.2) is 67.1 Å². The van der Waals surface area contributed by atoms with Gasteiger partial charge in [0.05, 0.1) is 23.3 Å². The lowest BCUT2D eigenvalue weighted by atomic mass is 9.98. The number of likely N-dealkylation sites (N-methyl/N-ethyl adjacent to an activating group) is 1. The van der Waals surface area contributed by atoms with Gasteiger partial charge in [-0.3, -0.25) is 10.1 Å². The zero-order chi connectivity index (χ0) is 30.0. The van der Waals surface area contributed by atoms with E-state index in [1.165, 1.54) is 31.4 Å². The molecule has 0 unspecified atom stereocenters. The van der Waals surface area contributed by atoms with Crippen molar-refractivity contribution < 1.29 is 9.13 Å². The van der Waals surface area contributed by atoms with Gasteiger partial charge in [-0.05, 0) is 93.4 Å². The first-order chi connectivity index (χ1) is 21.5. The smallest absolute Gasteiger partial charge is 0.178 e. The Hall–Kier alpha value is -4.83. The summed E-state index contributed by atoms with van der Waals surface area (Å²) in [6.45, 7) is 1.54. The SMILES string of the molecule is CN(C)CCNc1cc(F)cc(-c2ccnc3nc(-c4n[nH]c5ccc(-c6cncc(OC7CCCCC7)c6)cc45)[nH]c23)c1. The quantitative estimate of drug-likeness (QED) is 0.166. The van der Waals surface area contributed by atoms with E-state index in [0.29, 0.717) is 23.7 Å². The Labute approximate surface area is 254 Å². The average molecular weight is 591 g/mol. The number of benzene rings is 2. The van der Waals surface area contributed by atoms with E-state index < -0.39 is 0 Å². The molecule has 1 aliphatic carbocycles. The summed E-state index contributed by atoms with van der Waals surface area (Å²) in [4.78, 5) is 19.3. The van der Waals surface area contributed by atoms with E-state index in [1.807, 2.05) is 38.5 Å². The van der Waals surface area contributed by atoms with E-state index in [-0.39, 0.29) is 11.9 Å². The maximum absolute atomic E-state index is 14.7. The first kappa shape index (κ1) is 28.0. The Bertz CT molecular complexity index is 1920. The lowest BCUT2D eigenvalue weighted by molar-refractivity contribution is 0.154. The molecule has 0 bridgehead atoms. The Kier molecular flexibility index (Phi) is 7.66. The number of hydrogen-bond acceptors (Lipinski definition) is 7. The Morgan fingerprint density at radius 3 is 2.73 bits per heavy atom. The van der Waals surface area contributed by atoms with Gasteiger partial charge in [-0.25, -0.2) is 14.4 Å². The molecule has 9 nitrogen and oxygen atoms in total. The van der Waals surface area contributed by atoms with Crippen molar-refractivity contribution in [1.29, 1.82) is 0 Å². The van der Waals surface area contributed by atoms with Crippen molar-refractivity contribution in [3.63, 3.8) is 0 Å². The van der Waals surface area contributed by atoms with Crippen LogP contribution >= 0.6 is 0 Å². The second-order valence-corrected chi connectivity index (χ2v) is 11.7. The summed E-state index contributed by atoms with van der Waals surface area (Å²) < 4.78 is 21.0. The number of aromatic nitrogens is 6. The highest BCUT2D eigenvalue weighted by Crippen LogP contribution is 2.34. The third kappa shape index (κ3) is 5.85. The minimum absolute atomic E-state index is 0.258. The number of anilines is 1. The molecular weight excluding hydrogens is 555 g/mol. The number of halogens is 1. The number of pyridine rings is 2. The lowest BCUT2D eigenvalue weighted by Crippen LogP contribution is -2.20. The monoisotopic (exact) mass is 590 g/mol. The van der Waals surface area contributed by atoms with Gasteiger partial charge in [0, 0.05) is 47.7 Å². The standard InChI is InChI=1S/C34H35FN8O/c1-43(2)13-12-37-25-15-22(14-24(35)18-25)28-10-11-38-33-31(28)39-34(40-33)32-29-17-21(8-9-30(29)41-42-32)23-16-27(20-36-19-23)44-26-6-4-3-5-7-26/h8-11,14-20,26,37H,3-7,12-13H2,1-2H3,(H,41,42)(H,38,39,40). The highest BCUT2D eigenvalue weighted by molar-refractivity contribution is 5.97. The molecule has 6 aromatic rings. The van der Waals surface area contributed by atoms with E-state index in [4.69, 9.17) is 9.72 Å². The molecule has 4 aromatic heterocycles. The number of rotatable bonds is 9. The molecule has 4 heterocycles. The van der Waals surface area contributed by atoms with Gasteiger partial charge in [0.1, 0.15) is 17.3 Å². The number of nitrogens with zero attached hydrogens (tertiary/aromatic N) is 5. The van der Waals surface area contributed by atoms with Crippen LogP contribution < -0.4 is 10.1 Å². The fourth-order valence-electron chi connectivity index (χ4n) is 5.93. The number of aromatic amines is 2. The van der Waals surface area contributed by atoms with Crippen molar-refractivity contribution >= 4 is 27.8 Å². The largest absolute Gasteiger partial charge is 0.489 e. The molecule has 0 spiro atoms. The third-order valence-corrected chi connectivity index (χ3v) is 8.18. The maximum Gasteiger partial charge on any atom is 0.178 e. The number of hydrogen-bond donors (Lipinski definition) is 3. The van der Waals surface area contributed by atoms with E-state index in [1.54, 1.807) is 12.4 Å². The Balaban J connectivity index is 1.21. The molecule has 2 aromatic carbocycles. The first-order valence-corrected chi connectivity index (χ1v) is 15.1. The normalized spacial score (nSPS) is 14.1. The minimum atomic E-state index is -0.312. The number of ether oxygens (including phenoxy) is 1. The van der Waals surface area contributed by atoms with Gasteiger partial charge >= 0.3 is 0 Å². The van der Waals surface area contributed by atoms with Gasteiger partial charge < -0.3 is 19.9 Å². The van der Waals surface area contributed by atoms with Crippen LogP contribution in [-0.4, -0.2) is 68.3 Å². The molecule has 1 fully saturated rings. The molecule has 7 rings (SSSR count). The van der Waals surface area contributed by atoms with E-state index in [9.17, 15) is 4.39 Å². The van der Waals surface area contributed by atoms with Gasteiger partial charge in [0.25, 0.3) is 0 Å². The highest BCUT2D eigenvalue weighted by Gasteiger charge is 2.18. The van der Waals surface area contributed by atoms with Crippen LogP contribution in [0.1, 0.15) is 32.1 Å². The third-order valence-electron chi connectivity index (χ3n) is 8.18. The molecule has 10 heteroatoms. The zero-order valence-electron chi connectivity index (χ0n) is 24.9. The van der Waals surface area contributed by atoms with E-state index in [2.05, 4.69) is 53.6 Å². The van der Waals surface area contributed by atoms with Crippen LogP contribution in [0.25, 0.3) is 55.8 Å². The van der Waals surface area contributed by atoms with Crippen molar-refractivity contribution in [2.24, 2.45) is 0 Å². The molecule has 0 saturated heterocycles. The Morgan fingerprint density at radius 2 is 1.86 bits per heavy atom. The summed E-state index contributed by atoms with van der Waals surface area (Å²) in [6, 6.07) is 15.1. The molecule has 0 atom stereocenters. The number of nitrogens with one attached hydrogen (secondary N) is 3. The van der Waals surface area contributed by atoms with Crippen LogP contribution in [0, 0.1) is 5.82 Å². The van der Waals surface area contributed by atoms with E-state index in [0.717, 1.165) is 69.5 Å². The molecule has 0 aliphatic heterocycles. The molecular formula is C34H35FN8O. The fraction of sp³-hybridized carbons (Fsp3) is 0.294. The van der Waals surface area contributed by atoms with Crippen LogP contribution in [0.3, 0.4) is 0 Å². The molecule has 0 radical (unpaired) electrons.